The Morgan fingerprint density at radius 2 is 2.04 bits per heavy atom. The van der Waals surface area contributed by atoms with Crippen LogP contribution in [0.1, 0.15) is 25.0 Å². The highest BCUT2D eigenvalue weighted by molar-refractivity contribution is 5.89. The van der Waals surface area contributed by atoms with Gasteiger partial charge in [0.2, 0.25) is 0 Å². The third-order valence-corrected chi connectivity index (χ3v) is 4.50. The molecule has 0 radical (unpaired) electrons. The first-order valence-corrected chi connectivity index (χ1v) is 8.24. The highest BCUT2D eigenvalue weighted by Gasteiger charge is 2.33. The summed E-state index contributed by atoms with van der Waals surface area (Å²) in [4.78, 5) is 0. The fourth-order valence-corrected chi connectivity index (χ4v) is 3.46. The molecule has 0 fully saturated rings. The number of ether oxygens (including phenoxy) is 3. The van der Waals surface area contributed by atoms with Crippen LogP contribution in [0.5, 0.6) is 11.5 Å². The summed E-state index contributed by atoms with van der Waals surface area (Å²) >= 11 is 0. The van der Waals surface area contributed by atoms with Gasteiger partial charge in [-0.05, 0) is 37.6 Å². The Bertz CT molecular complexity index is 870. The lowest BCUT2D eigenvalue weighted by atomic mass is 9.89. The van der Waals surface area contributed by atoms with Gasteiger partial charge in [0.25, 0.3) is 0 Å². The first-order chi connectivity index (χ1) is 12.0. The second-order valence-corrected chi connectivity index (χ2v) is 6.86. The Kier molecular flexibility index (Phi) is 3.62. The topological polar surface area (TPSA) is 60.0 Å². The lowest BCUT2D eigenvalue weighted by molar-refractivity contribution is 0.0493. The molecule has 0 atom stereocenters. The van der Waals surface area contributed by atoms with Gasteiger partial charge < -0.3 is 24.6 Å². The minimum Gasteiger partial charge on any atom is -0.504 e. The Labute approximate surface area is 146 Å². The van der Waals surface area contributed by atoms with E-state index in [4.69, 9.17) is 14.2 Å². The van der Waals surface area contributed by atoms with Crippen molar-refractivity contribution >= 4 is 11.4 Å². The third kappa shape index (κ3) is 2.61. The summed E-state index contributed by atoms with van der Waals surface area (Å²) in [6.45, 7) is 4.80. The van der Waals surface area contributed by atoms with Crippen LogP contribution in [-0.2, 0) is 16.1 Å². The highest BCUT2D eigenvalue weighted by Crippen LogP contribution is 2.47. The maximum Gasteiger partial charge on any atom is 0.188 e. The van der Waals surface area contributed by atoms with Gasteiger partial charge in [0, 0.05) is 29.5 Å². The van der Waals surface area contributed by atoms with Gasteiger partial charge >= 0.3 is 0 Å². The maximum atomic E-state index is 10.6. The van der Waals surface area contributed by atoms with Gasteiger partial charge in [-0.25, -0.2) is 0 Å². The van der Waals surface area contributed by atoms with Crippen LogP contribution in [0.15, 0.2) is 36.4 Å². The number of methoxy groups -OCH3 is 1. The standard InChI is InChI=1S/C20H21NO4/c1-20(2)9-17-18-14(10-24-17)12(7-8-15(18)21-20)13-5-4-6-16(19(13)22)25-11-23-3/h4-9,21-22H,10-11H2,1-3H3. The number of hydrogen-bond donors (Lipinski definition) is 2. The lowest BCUT2D eigenvalue weighted by Gasteiger charge is -2.30. The van der Waals surface area contributed by atoms with Crippen molar-refractivity contribution in [3.63, 3.8) is 0 Å². The van der Waals surface area contributed by atoms with Gasteiger partial charge in [0.05, 0.1) is 5.54 Å². The number of phenols is 1. The zero-order chi connectivity index (χ0) is 17.6. The molecule has 5 heteroatoms. The van der Waals surface area contributed by atoms with Crippen molar-refractivity contribution in [3.8, 4) is 22.6 Å². The Hall–Kier alpha value is -2.66. The van der Waals surface area contributed by atoms with Crippen molar-refractivity contribution in [2.45, 2.75) is 26.0 Å². The summed E-state index contributed by atoms with van der Waals surface area (Å²) in [5.74, 6) is 1.41. The van der Waals surface area contributed by atoms with Gasteiger partial charge in [-0.3, -0.25) is 0 Å². The summed E-state index contributed by atoms with van der Waals surface area (Å²) in [6, 6.07) is 9.53. The quantitative estimate of drug-likeness (QED) is 0.821. The molecule has 2 aromatic rings. The molecule has 0 aromatic heterocycles. The first kappa shape index (κ1) is 15.8. The molecule has 0 unspecified atom stereocenters. The van der Waals surface area contributed by atoms with Gasteiger partial charge in [-0.15, -0.1) is 0 Å². The van der Waals surface area contributed by atoms with E-state index in [1.165, 1.54) is 0 Å². The molecule has 2 aromatic carbocycles. The molecule has 25 heavy (non-hydrogen) atoms. The summed E-state index contributed by atoms with van der Waals surface area (Å²) < 4.78 is 16.3. The molecule has 2 aliphatic heterocycles. The van der Waals surface area contributed by atoms with E-state index in [1.54, 1.807) is 13.2 Å². The molecule has 0 saturated heterocycles. The predicted molar refractivity (Wildman–Crippen MR) is 96.5 cm³/mol. The molecule has 130 valence electrons. The SMILES string of the molecule is COCOc1cccc(-c2ccc3c4c2COC4=CC(C)(C)N3)c1O. The number of hydrogen-bond acceptors (Lipinski definition) is 5. The van der Waals surface area contributed by atoms with E-state index in [0.717, 1.165) is 33.7 Å². The summed E-state index contributed by atoms with van der Waals surface area (Å²) in [6.07, 6.45) is 2.10. The zero-order valence-electron chi connectivity index (χ0n) is 14.6. The average Bonchev–Trinajstić information content (AvgIpc) is 2.98. The van der Waals surface area contributed by atoms with E-state index in [9.17, 15) is 5.11 Å². The largest absolute Gasteiger partial charge is 0.504 e. The normalized spacial score (nSPS) is 16.5. The minimum atomic E-state index is -0.151. The Morgan fingerprint density at radius 3 is 2.84 bits per heavy atom. The lowest BCUT2D eigenvalue weighted by Crippen LogP contribution is -2.31. The number of phenolic OH excluding ortho intramolecular Hbond substituents is 1. The molecule has 0 saturated carbocycles. The molecule has 0 spiro atoms. The van der Waals surface area contributed by atoms with Gasteiger partial charge in [-0.1, -0.05) is 18.2 Å². The summed E-state index contributed by atoms with van der Waals surface area (Å²) in [5.41, 5.74) is 4.74. The smallest absolute Gasteiger partial charge is 0.188 e. The van der Waals surface area contributed by atoms with E-state index < -0.39 is 0 Å². The van der Waals surface area contributed by atoms with Crippen LogP contribution in [0.3, 0.4) is 0 Å². The van der Waals surface area contributed by atoms with E-state index in [0.29, 0.717) is 12.4 Å². The number of aromatic hydroxyl groups is 1. The molecule has 2 aliphatic rings. The highest BCUT2D eigenvalue weighted by atomic mass is 16.7. The van der Waals surface area contributed by atoms with Crippen molar-refractivity contribution in [1.29, 1.82) is 0 Å². The molecule has 0 amide bonds. The third-order valence-electron chi connectivity index (χ3n) is 4.50. The first-order valence-electron chi connectivity index (χ1n) is 8.24. The molecule has 2 N–H and O–H groups in total. The van der Waals surface area contributed by atoms with Crippen molar-refractivity contribution in [2.75, 3.05) is 19.2 Å². The summed E-state index contributed by atoms with van der Waals surface area (Å²) in [7, 11) is 1.55. The monoisotopic (exact) mass is 339 g/mol. The number of benzene rings is 2. The molecule has 0 bridgehead atoms. The predicted octanol–water partition coefficient (Wildman–Crippen LogP) is 4.12. The second kappa shape index (κ2) is 5.70. The average molecular weight is 339 g/mol. The second-order valence-electron chi connectivity index (χ2n) is 6.86. The van der Waals surface area contributed by atoms with Crippen molar-refractivity contribution in [3.05, 3.63) is 47.5 Å². The number of rotatable bonds is 4. The van der Waals surface area contributed by atoms with E-state index in [2.05, 4.69) is 25.2 Å². The van der Waals surface area contributed by atoms with Crippen molar-refractivity contribution in [1.82, 2.24) is 0 Å². The number of anilines is 1. The molecule has 4 rings (SSSR count). The minimum absolute atomic E-state index is 0.0864. The molecule has 5 nitrogen and oxygen atoms in total. The van der Waals surface area contributed by atoms with Crippen molar-refractivity contribution in [2.24, 2.45) is 0 Å². The zero-order valence-corrected chi connectivity index (χ0v) is 14.6. The van der Waals surface area contributed by atoms with E-state index >= 15 is 0 Å². The van der Waals surface area contributed by atoms with Crippen LogP contribution < -0.4 is 10.1 Å². The summed E-state index contributed by atoms with van der Waals surface area (Å²) in [5, 5.41) is 14.2. The van der Waals surface area contributed by atoms with Gasteiger partial charge in [0.15, 0.2) is 18.3 Å². The van der Waals surface area contributed by atoms with Crippen LogP contribution in [0.2, 0.25) is 0 Å². The van der Waals surface area contributed by atoms with E-state index in [1.807, 2.05) is 24.3 Å². The van der Waals surface area contributed by atoms with Crippen LogP contribution in [0.25, 0.3) is 16.9 Å². The van der Waals surface area contributed by atoms with Crippen LogP contribution in [0, 0.1) is 0 Å². The molecule has 0 aliphatic carbocycles. The van der Waals surface area contributed by atoms with Crippen LogP contribution in [-0.4, -0.2) is 24.5 Å². The van der Waals surface area contributed by atoms with Crippen LogP contribution >= 0.6 is 0 Å². The fourth-order valence-electron chi connectivity index (χ4n) is 3.46. The number of para-hydroxylation sites is 1. The molecular weight excluding hydrogens is 318 g/mol. The number of nitrogens with one attached hydrogen (secondary N) is 1. The van der Waals surface area contributed by atoms with Crippen LogP contribution in [0.4, 0.5) is 5.69 Å². The van der Waals surface area contributed by atoms with E-state index in [-0.39, 0.29) is 18.1 Å². The van der Waals surface area contributed by atoms with Gasteiger partial charge in [-0.2, -0.15) is 0 Å². The fraction of sp³-hybridized carbons (Fsp3) is 0.300. The Morgan fingerprint density at radius 1 is 1.20 bits per heavy atom. The Balaban J connectivity index is 1.83. The molecular formula is C20H21NO4. The van der Waals surface area contributed by atoms with Crippen molar-refractivity contribution < 1.29 is 19.3 Å². The molecule has 2 heterocycles. The maximum absolute atomic E-state index is 10.6. The van der Waals surface area contributed by atoms with Gasteiger partial charge in [0.1, 0.15) is 12.4 Å².